The van der Waals surface area contributed by atoms with E-state index < -0.39 is 0 Å². The highest BCUT2D eigenvalue weighted by molar-refractivity contribution is 5.81. The van der Waals surface area contributed by atoms with E-state index in [1.807, 2.05) is 18.2 Å². The summed E-state index contributed by atoms with van der Waals surface area (Å²) < 4.78 is 11.5. The molecule has 4 heterocycles. The van der Waals surface area contributed by atoms with Gasteiger partial charge in [0.25, 0.3) is 5.95 Å². The van der Waals surface area contributed by atoms with Crippen LogP contribution in [0.3, 0.4) is 0 Å². The summed E-state index contributed by atoms with van der Waals surface area (Å²) in [4.78, 5) is 16.9. The van der Waals surface area contributed by atoms with E-state index in [9.17, 15) is 0 Å². The molecule has 2 aromatic heterocycles. The van der Waals surface area contributed by atoms with E-state index in [1.165, 1.54) is 0 Å². The molecule has 0 aromatic carbocycles. The molecule has 0 saturated carbocycles. The standard InChI is InChI=1S/C17H16N4O2/c1-17(14-3-7-19-11-21-14)5-9-23-16-15(17)12(4-8-22-16)13-2-6-18-10-20-13/h2-4,6-7,10-11H,5,8-9H2,1H3. The van der Waals surface area contributed by atoms with Gasteiger partial charge < -0.3 is 9.47 Å². The fourth-order valence-corrected chi connectivity index (χ4v) is 3.15. The van der Waals surface area contributed by atoms with Crippen LogP contribution in [0.1, 0.15) is 24.7 Å². The first-order valence-electron chi connectivity index (χ1n) is 7.53. The monoisotopic (exact) mass is 308 g/mol. The Labute approximate surface area is 133 Å². The number of hydrogen-bond acceptors (Lipinski definition) is 6. The maximum atomic E-state index is 5.78. The number of hydrogen-bond donors (Lipinski definition) is 0. The minimum absolute atomic E-state index is 0.312. The maximum absolute atomic E-state index is 5.78. The van der Waals surface area contributed by atoms with Crippen LogP contribution in [0.4, 0.5) is 0 Å². The predicted molar refractivity (Wildman–Crippen MR) is 82.9 cm³/mol. The molecule has 0 fully saturated rings. The molecular weight excluding hydrogens is 292 g/mol. The quantitative estimate of drug-likeness (QED) is 0.847. The van der Waals surface area contributed by atoms with Crippen molar-refractivity contribution < 1.29 is 9.47 Å². The minimum Gasteiger partial charge on any atom is -0.465 e. The van der Waals surface area contributed by atoms with Crippen LogP contribution in [0.5, 0.6) is 0 Å². The molecule has 0 amide bonds. The second kappa shape index (κ2) is 5.46. The molecule has 2 aliphatic rings. The van der Waals surface area contributed by atoms with E-state index in [0.29, 0.717) is 19.2 Å². The molecule has 2 aromatic rings. The molecule has 1 unspecified atom stereocenters. The van der Waals surface area contributed by atoms with Crippen molar-refractivity contribution in [1.29, 1.82) is 0 Å². The molecule has 1 atom stereocenters. The molecule has 2 aliphatic heterocycles. The van der Waals surface area contributed by atoms with E-state index in [-0.39, 0.29) is 5.41 Å². The zero-order valence-corrected chi connectivity index (χ0v) is 12.8. The Morgan fingerprint density at radius 2 is 1.87 bits per heavy atom. The third kappa shape index (κ3) is 2.27. The van der Waals surface area contributed by atoms with Gasteiger partial charge in [-0.2, -0.15) is 0 Å². The first-order valence-corrected chi connectivity index (χ1v) is 7.53. The van der Waals surface area contributed by atoms with Crippen molar-refractivity contribution in [2.75, 3.05) is 13.2 Å². The average Bonchev–Trinajstić information content (AvgIpc) is 2.63. The van der Waals surface area contributed by atoms with Crippen molar-refractivity contribution in [1.82, 2.24) is 19.9 Å². The molecule has 0 aliphatic carbocycles. The fourth-order valence-electron chi connectivity index (χ4n) is 3.15. The number of nitrogens with zero attached hydrogens (tertiary/aromatic N) is 4. The lowest BCUT2D eigenvalue weighted by molar-refractivity contribution is 0.0170. The lowest BCUT2D eigenvalue weighted by Crippen LogP contribution is -2.35. The Morgan fingerprint density at radius 3 is 2.61 bits per heavy atom. The highest BCUT2D eigenvalue weighted by Gasteiger charge is 2.43. The summed E-state index contributed by atoms with van der Waals surface area (Å²) >= 11 is 0. The van der Waals surface area contributed by atoms with Gasteiger partial charge in [0.1, 0.15) is 19.3 Å². The van der Waals surface area contributed by atoms with E-state index in [0.717, 1.165) is 29.0 Å². The van der Waals surface area contributed by atoms with E-state index in [2.05, 4.69) is 26.9 Å². The van der Waals surface area contributed by atoms with Gasteiger partial charge in [0.2, 0.25) is 0 Å². The number of allylic oxidation sites excluding steroid dienone is 2. The Hall–Kier alpha value is -2.76. The molecular formula is C17H16N4O2. The number of aromatic nitrogens is 4. The van der Waals surface area contributed by atoms with Crippen LogP contribution in [-0.2, 0) is 14.9 Å². The van der Waals surface area contributed by atoms with Crippen molar-refractivity contribution >= 4 is 5.57 Å². The second-order valence-electron chi connectivity index (χ2n) is 5.71. The Balaban J connectivity index is 1.88. The van der Waals surface area contributed by atoms with E-state index >= 15 is 0 Å². The summed E-state index contributed by atoms with van der Waals surface area (Å²) in [6.45, 7) is 3.23. The summed E-state index contributed by atoms with van der Waals surface area (Å²) in [6.07, 6.45) is 9.49. The van der Waals surface area contributed by atoms with Crippen molar-refractivity contribution in [2.45, 2.75) is 18.8 Å². The van der Waals surface area contributed by atoms with Gasteiger partial charge in [-0.15, -0.1) is 0 Å². The van der Waals surface area contributed by atoms with Gasteiger partial charge in [-0.25, -0.2) is 19.9 Å². The summed E-state index contributed by atoms with van der Waals surface area (Å²) in [5.41, 5.74) is 3.52. The van der Waals surface area contributed by atoms with Crippen LogP contribution in [0.2, 0.25) is 0 Å². The summed E-state index contributed by atoms with van der Waals surface area (Å²) in [5.74, 6) is 0.577. The van der Waals surface area contributed by atoms with Crippen LogP contribution in [0.15, 0.2) is 54.8 Å². The minimum atomic E-state index is -0.312. The van der Waals surface area contributed by atoms with Crippen molar-refractivity contribution in [3.05, 3.63) is 66.2 Å². The Morgan fingerprint density at radius 1 is 1.04 bits per heavy atom. The van der Waals surface area contributed by atoms with Gasteiger partial charge in [0.15, 0.2) is 0 Å². The average molecular weight is 308 g/mol. The lowest BCUT2D eigenvalue weighted by Gasteiger charge is -2.39. The highest BCUT2D eigenvalue weighted by Crippen LogP contribution is 2.47. The molecule has 4 rings (SSSR count). The third-order valence-electron chi connectivity index (χ3n) is 4.37. The number of ether oxygens (including phenoxy) is 2. The zero-order valence-electron chi connectivity index (χ0n) is 12.8. The molecule has 0 bridgehead atoms. The molecule has 0 N–H and O–H groups in total. The van der Waals surface area contributed by atoms with Gasteiger partial charge in [0.05, 0.1) is 23.6 Å². The largest absolute Gasteiger partial charge is 0.465 e. The summed E-state index contributed by atoms with van der Waals surface area (Å²) in [6, 6.07) is 3.85. The van der Waals surface area contributed by atoms with Gasteiger partial charge in [-0.3, -0.25) is 0 Å². The smallest absolute Gasteiger partial charge is 0.284 e. The van der Waals surface area contributed by atoms with Gasteiger partial charge in [0, 0.05) is 23.4 Å². The zero-order chi connectivity index (χ0) is 15.7. The maximum Gasteiger partial charge on any atom is 0.284 e. The SMILES string of the molecule is CC1(c2ccncn2)CCOC2=C1C(c1ccncn1)=CCO2. The Kier molecular flexibility index (Phi) is 3.29. The van der Waals surface area contributed by atoms with Crippen LogP contribution in [-0.4, -0.2) is 33.1 Å². The van der Waals surface area contributed by atoms with Crippen LogP contribution < -0.4 is 0 Å². The van der Waals surface area contributed by atoms with Gasteiger partial charge in [-0.05, 0) is 31.6 Å². The molecule has 116 valence electrons. The Bertz CT molecular complexity index is 774. The highest BCUT2D eigenvalue weighted by atomic mass is 16.7. The fraction of sp³-hybridized carbons (Fsp3) is 0.294. The van der Waals surface area contributed by atoms with Gasteiger partial charge in [-0.1, -0.05) is 0 Å². The van der Waals surface area contributed by atoms with E-state index in [4.69, 9.17) is 9.47 Å². The predicted octanol–water partition coefficient (Wildman–Crippen LogP) is 2.27. The molecule has 23 heavy (non-hydrogen) atoms. The first-order chi connectivity index (χ1) is 11.3. The summed E-state index contributed by atoms with van der Waals surface area (Å²) in [5, 5.41) is 0. The second-order valence-corrected chi connectivity index (χ2v) is 5.71. The number of rotatable bonds is 2. The molecule has 0 spiro atoms. The molecule has 6 heteroatoms. The van der Waals surface area contributed by atoms with Crippen molar-refractivity contribution in [2.24, 2.45) is 0 Å². The van der Waals surface area contributed by atoms with Crippen molar-refractivity contribution in [3.63, 3.8) is 0 Å². The van der Waals surface area contributed by atoms with Crippen molar-refractivity contribution in [3.8, 4) is 0 Å². The molecule has 6 nitrogen and oxygen atoms in total. The summed E-state index contributed by atoms with van der Waals surface area (Å²) in [7, 11) is 0. The molecule has 0 saturated heterocycles. The van der Waals surface area contributed by atoms with E-state index in [1.54, 1.807) is 25.0 Å². The first kappa shape index (κ1) is 13.9. The normalized spacial score (nSPS) is 23.4. The van der Waals surface area contributed by atoms with Gasteiger partial charge >= 0.3 is 0 Å². The molecule has 0 radical (unpaired) electrons. The van der Waals surface area contributed by atoms with Crippen LogP contribution in [0, 0.1) is 0 Å². The topological polar surface area (TPSA) is 70.0 Å². The van der Waals surface area contributed by atoms with Crippen LogP contribution >= 0.6 is 0 Å². The lowest BCUT2D eigenvalue weighted by atomic mass is 9.71. The van der Waals surface area contributed by atoms with Crippen LogP contribution in [0.25, 0.3) is 5.57 Å². The third-order valence-corrected chi connectivity index (χ3v) is 4.37.